The lowest BCUT2D eigenvalue weighted by Crippen LogP contribution is -2.24. The summed E-state index contributed by atoms with van der Waals surface area (Å²) in [5.41, 5.74) is -0.586. The molecule has 2 aliphatic rings. The number of hydrogen-bond donors (Lipinski definition) is 0. The minimum Gasteiger partial charge on any atom is -0.304 e. The van der Waals surface area contributed by atoms with Crippen molar-refractivity contribution in [3.63, 3.8) is 0 Å². The SMILES string of the molecule is CCN1CCCC2(CC1)CC2(F)F. The lowest BCUT2D eigenvalue weighted by atomic mass is 9.97. The van der Waals surface area contributed by atoms with Crippen LogP contribution in [0.15, 0.2) is 0 Å². The number of hydrogen-bond acceptors (Lipinski definition) is 1. The van der Waals surface area contributed by atoms with E-state index >= 15 is 0 Å². The Morgan fingerprint density at radius 1 is 1.23 bits per heavy atom. The minimum absolute atomic E-state index is 0.150. The van der Waals surface area contributed by atoms with E-state index in [9.17, 15) is 8.78 Å². The fourth-order valence-electron chi connectivity index (χ4n) is 2.49. The highest BCUT2D eigenvalue weighted by molar-refractivity contribution is 5.10. The molecular formula is C10H17F2N. The first kappa shape index (κ1) is 9.38. The van der Waals surface area contributed by atoms with Gasteiger partial charge in [0.15, 0.2) is 0 Å². The highest BCUT2D eigenvalue weighted by Crippen LogP contribution is 2.65. The molecule has 0 aromatic carbocycles. The first-order chi connectivity index (χ1) is 6.10. The van der Waals surface area contributed by atoms with Crippen LogP contribution in [0.1, 0.15) is 32.6 Å². The second-order valence-corrected chi connectivity index (χ2v) is 4.45. The summed E-state index contributed by atoms with van der Waals surface area (Å²) in [5, 5.41) is 0. The number of nitrogens with zero attached hydrogens (tertiary/aromatic N) is 1. The molecule has 1 spiro atoms. The lowest BCUT2D eigenvalue weighted by Gasteiger charge is -2.17. The van der Waals surface area contributed by atoms with Crippen molar-refractivity contribution in [2.75, 3.05) is 19.6 Å². The van der Waals surface area contributed by atoms with Crippen LogP contribution in [0.25, 0.3) is 0 Å². The van der Waals surface area contributed by atoms with E-state index in [2.05, 4.69) is 11.8 Å². The summed E-state index contributed by atoms with van der Waals surface area (Å²) in [6.45, 7) is 4.98. The molecule has 1 atom stereocenters. The second kappa shape index (κ2) is 2.91. The number of likely N-dealkylation sites (tertiary alicyclic amines) is 1. The molecule has 1 aliphatic carbocycles. The predicted molar refractivity (Wildman–Crippen MR) is 48.0 cm³/mol. The number of halogens is 2. The molecule has 1 saturated heterocycles. The molecule has 1 unspecified atom stereocenters. The standard InChI is InChI=1S/C10H17F2N/c1-2-13-6-3-4-9(5-7-13)8-10(9,11)12/h2-8H2,1H3. The minimum atomic E-state index is -2.34. The van der Waals surface area contributed by atoms with E-state index in [1.54, 1.807) is 0 Å². The van der Waals surface area contributed by atoms with Crippen LogP contribution >= 0.6 is 0 Å². The van der Waals surface area contributed by atoms with Gasteiger partial charge in [-0.15, -0.1) is 0 Å². The Bertz CT molecular complexity index is 205. The molecule has 1 aliphatic heterocycles. The Kier molecular flexibility index (Phi) is 2.10. The van der Waals surface area contributed by atoms with E-state index in [0.29, 0.717) is 6.42 Å². The molecule has 1 nitrogen and oxygen atoms in total. The van der Waals surface area contributed by atoms with E-state index in [1.165, 1.54) is 0 Å². The predicted octanol–water partition coefficient (Wildman–Crippen LogP) is 2.52. The van der Waals surface area contributed by atoms with E-state index < -0.39 is 11.3 Å². The highest BCUT2D eigenvalue weighted by Gasteiger charge is 2.69. The molecule has 13 heavy (non-hydrogen) atoms. The van der Waals surface area contributed by atoms with Crippen LogP contribution in [0.3, 0.4) is 0 Å². The van der Waals surface area contributed by atoms with Crippen LogP contribution in [0, 0.1) is 5.41 Å². The molecule has 0 N–H and O–H groups in total. The molecule has 0 amide bonds. The van der Waals surface area contributed by atoms with Crippen LogP contribution in [0.2, 0.25) is 0 Å². The molecule has 2 fully saturated rings. The van der Waals surface area contributed by atoms with Gasteiger partial charge in [-0.1, -0.05) is 6.92 Å². The van der Waals surface area contributed by atoms with Gasteiger partial charge in [0.25, 0.3) is 5.92 Å². The summed E-state index contributed by atoms with van der Waals surface area (Å²) in [6, 6.07) is 0. The summed E-state index contributed by atoms with van der Waals surface area (Å²) >= 11 is 0. The Morgan fingerprint density at radius 3 is 2.46 bits per heavy atom. The molecule has 0 aromatic heterocycles. The van der Waals surface area contributed by atoms with E-state index in [1.807, 2.05) is 0 Å². The third-order valence-electron chi connectivity index (χ3n) is 3.69. The average Bonchev–Trinajstić information content (AvgIpc) is 2.68. The van der Waals surface area contributed by atoms with E-state index in [0.717, 1.165) is 32.5 Å². The topological polar surface area (TPSA) is 3.24 Å². The molecule has 3 heteroatoms. The Labute approximate surface area is 78.1 Å². The van der Waals surface area contributed by atoms with Crippen LogP contribution < -0.4 is 0 Å². The van der Waals surface area contributed by atoms with Crippen LogP contribution in [-0.2, 0) is 0 Å². The van der Waals surface area contributed by atoms with E-state index in [-0.39, 0.29) is 6.42 Å². The van der Waals surface area contributed by atoms with Crippen molar-refractivity contribution in [2.24, 2.45) is 5.41 Å². The van der Waals surface area contributed by atoms with Gasteiger partial charge < -0.3 is 4.90 Å². The fraction of sp³-hybridized carbons (Fsp3) is 1.00. The summed E-state index contributed by atoms with van der Waals surface area (Å²) in [7, 11) is 0. The normalized spacial score (nSPS) is 39.0. The zero-order chi connectivity index (χ0) is 9.53. The maximum Gasteiger partial charge on any atom is 0.254 e. The Morgan fingerprint density at radius 2 is 1.92 bits per heavy atom. The number of alkyl halides is 2. The van der Waals surface area contributed by atoms with Gasteiger partial charge in [-0.2, -0.15) is 0 Å². The molecule has 0 aromatic rings. The third-order valence-corrected chi connectivity index (χ3v) is 3.69. The lowest BCUT2D eigenvalue weighted by molar-refractivity contribution is 0.0576. The van der Waals surface area contributed by atoms with Crippen LogP contribution in [0.5, 0.6) is 0 Å². The molecule has 76 valence electrons. The van der Waals surface area contributed by atoms with Gasteiger partial charge in [-0.05, 0) is 38.9 Å². The first-order valence-corrected chi connectivity index (χ1v) is 5.20. The molecular weight excluding hydrogens is 172 g/mol. The van der Waals surface area contributed by atoms with Crippen LogP contribution in [0.4, 0.5) is 8.78 Å². The smallest absolute Gasteiger partial charge is 0.254 e. The van der Waals surface area contributed by atoms with Gasteiger partial charge in [-0.25, -0.2) is 8.78 Å². The summed E-state index contributed by atoms with van der Waals surface area (Å²) in [4.78, 5) is 2.28. The maximum absolute atomic E-state index is 13.1. The fourth-order valence-corrected chi connectivity index (χ4v) is 2.49. The van der Waals surface area contributed by atoms with Crippen molar-refractivity contribution in [1.82, 2.24) is 4.90 Å². The van der Waals surface area contributed by atoms with Crippen molar-refractivity contribution < 1.29 is 8.78 Å². The highest BCUT2D eigenvalue weighted by atomic mass is 19.3. The molecule has 1 heterocycles. The van der Waals surface area contributed by atoms with Crippen molar-refractivity contribution in [2.45, 2.75) is 38.5 Å². The maximum atomic E-state index is 13.1. The van der Waals surface area contributed by atoms with Gasteiger partial charge in [0.1, 0.15) is 0 Å². The molecule has 1 saturated carbocycles. The van der Waals surface area contributed by atoms with E-state index in [4.69, 9.17) is 0 Å². The van der Waals surface area contributed by atoms with Crippen molar-refractivity contribution >= 4 is 0 Å². The molecule has 0 radical (unpaired) electrons. The zero-order valence-electron chi connectivity index (χ0n) is 8.15. The van der Waals surface area contributed by atoms with Crippen molar-refractivity contribution in [3.8, 4) is 0 Å². The average molecular weight is 189 g/mol. The van der Waals surface area contributed by atoms with Crippen molar-refractivity contribution in [1.29, 1.82) is 0 Å². The van der Waals surface area contributed by atoms with Gasteiger partial charge >= 0.3 is 0 Å². The monoisotopic (exact) mass is 189 g/mol. The van der Waals surface area contributed by atoms with Gasteiger partial charge in [0, 0.05) is 11.8 Å². The van der Waals surface area contributed by atoms with Gasteiger partial charge in [0.05, 0.1) is 0 Å². The first-order valence-electron chi connectivity index (χ1n) is 5.20. The summed E-state index contributed by atoms with van der Waals surface area (Å²) < 4.78 is 26.1. The molecule has 0 bridgehead atoms. The van der Waals surface area contributed by atoms with Gasteiger partial charge in [0.2, 0.25) is 0 Å². The zero-order valence-corrected chi connectivity index (χ0v) is 8.15. The van der Waals surface area contributed by atoms with Crippen molar-refractivity contribution in [3.05, 3.63) is 0 Å². The largest absolute Gasteiger partial charge is 0.304 e. The number of rotatable bonds is 1. The quantitative estimate of drug-likeness (QED) is 0.612. The van der Waals surface area contributed by atoms with Gasteiger partial charge in [-0.3, -0.25) is 0 Å². The Balaban J connectivity index is 1.96. The third kappa shape index (κ3) is 1.47. The second-order valence-electron chi connectivity index (χ2n) is 4.45. The summed E-state index contributed by atoms with van der Waals surface area (Å²) in [5.74, 6) is -2.34. The van der Waals surface area contributed by atoms with Crippen LogP contribution in [-0.4, -0.2) is 30.5 Å². The summed E-state index contributed by atoms with van der Waals surface area (Å²) in [6.07, 6.45) is 2.53. The Hall–Kier alpha value is -0.180. The molecule has 2 rings (SSSR count).